The van der Waals surface area contributed by atoms with E-state index in [1.807, 2.05) is 0 Å². The minimum atomic E-state index is -1.29. The maximum atomic E-state index is 12.1. The molecule has 0 saturated carbocycles. The van der Waals surface area contributed by atoms with E-state index in [0.717, 1.165) is 0 Å². The average Bonchev–Trinajstić information content (AvgIpc) is 2.30. The maximum absolute atomic E-state index is 12.1. The first kappa shape index (κ1) is 18.4. The molecular formula is C12H16N2NaO3S. The molecule has 0 aromatic carbocycles. The van der Waals surface area contributed by atoms with E-state index < -0.39 is 23.3 Å². The number of amides is 4. The van der Waals surface area contributed by atoms with Gasteiger partial charge < -0.3 is 0 Å². The van der Waals surface area contributed by atoms with Gasteiger partial charge in [-0.25, -0.2) is 4.79 Å². The topological polar surface area (TPSA) is 75.3 Å². The molecule has 1 rings (SSSR count). The third kappa shape index (κ3) is 3.72. The molecule has 19 heavy (non-hydrogen) atoms. The molecule has 0 bridgehead atoms. The van der Waals surface area contributed by atoms with Crippen molar-refractivity contribution in [1.29, 1.82) is 0 Å². The van der Waals surface area contributed by atoms with Crippen LogP contribution in [0, 0.1) is 5.41 Å². The van der Waals surface area contributed by atoms with Gasteiger partial charge in [-0.05, 0) is 6.42 Å². The predicted molar refractivity (Wildman–Crippen MR) is 76.8 cm³/mol. The number of nitrogens with one attached hydrogen (secondary N) is 2. The summed E-state index contributed by atoms with van der Waals surface area (Å²) in [5.41, 5.74) is -1.29. The third-order valence-corrected chi connectivity index (χ3v) is 4.22. The van der Waals surface area contributed by atoms with Crippen molar-refractivity contribution in [2.75, 3.05) is 5.75 Å². The molecule has 0 spiro atoms. The molecule has 99 valence electrons. The van der Waals surface area contributed by atoms with Gasteiger partial charge in [-0.1, -0.05) is 19.1 Å². The molecule has 7 heteroatoms. The zero-order valence-electron chi connectivity index (χ0n) is 11.2. The van der Waals surface area contributed by atoms with Crippen LogP contribution >= 0.6 is 11.8 Å². The second-order valence-corrected chi connectivity index (χ2v) is 5.34. The van der Waals surface area contributed by atoms with Crippen molar-refractivity contribution in [2.45, 2.75) is 18.6 Å². The maximum Gasteiger partial charge on any atom is 0.328 e. The summed E-state index contributed by atoms with van der Waals surface area (Å²) in [5, 5.41) is 4.00. The summed E-state index contributed by atoms with van der Waals surface area (Å²) in [6.07, 6.45) is 3.40. The molecule has 1 aliphatic rings. The zero-order chi connectivity index (χ0) is 13.8. The van der Waals surface area contributed by atoms with Gasteiger partial charge in [0, 0.05) is 40.6 Å². The minimum absolute atomic E-state index is 0. The molecule has 1 aliphatic heterocycles. The number of urea groups is 1. The first-order chi connectivity index (χ1) is 8.48. The van der Waals surface area contributed by atoms with E-state index >= 15 is 0 Å². The summed E-state index contributed by atoms with van der Waals surface area (Å²) < 4.78 is 0. The Labute approximate surface area is 138 Å². The van der Waals surface area contributed by atoms with Crippen molar-refractivity contribution in [3.8, 4) is 0 Å². The van der Waals surface area contributed by atoms with E-state index in [4.69, 9.17) is 0 Å². The fourth-order valence-corrected chi connectivity index (χ4v) is 2.89. The quantitative estimate of drug-likeness (QED) is 0.432. The number of thioether (sulfide) groups is 1. The first-order valence-electron chi connectivity index (χ1n) is 5.49. The Hall–Kier alpha value is -0.560. The number of allylic oxidation sites excluding steroid dienone is 1. The molecule has 5 nitrogen and oxygen atoms in total. The van der Waals surface area contributed by atoms with Crippen LogP contribution in [0.5, 0.6) is 0 Å². The van der Waals surface area contributed by atoms with Gasteiger partial charge in [0.25, 0.3) is 0 Å². The number of hydrogen-bond donors (Lipinski definition) is 2. The van der Waals surface area contributed by atoms with Gasteiger partial charge in [-0.2, -0.15) is 11.8 Å². The molecule has 1 unspecified atom stereocenters. The second-order valence-electron chi connectivity index (χ2n) is 3.97. The van der Waals surface area contributed by atoms with Crippen molar-refractivity contribution in [3.05, 3.63) is 25.3 Å². The molecule has 4 amide bonds. The number of hydrogen-bond acceptors (Lipinski definition) is 4. The summed E-state index contributed by atoms with van der Waals surface area (Å²) in [7, 11) is 0. The van der Waals surface area contributed by atoms with Crippen molar-refractivity contribution in [2.24, 2.45) is 5.41 Å². The molecule has 0 aliphatic carbocycles. The van der Waals surface area contributed by atoms with E-state index in [1.54, 1.807) is 13.0 Å². The summed E-state index contributed by atoms with van der Waals surface area (Å²) in [6.45, 7) is 8.96. The van der Waals surface area contributed by atoms with Gasteiger partial charge in [-0.15, -0.1) is 13.2 Å². The Bertz CT molecular complexity index is 392. The van der Waals surface area contributed by atoms with Crippen LogP contribution in [0.25, 0.3) is 0 Å². The number of barbiturate groups is 1. The van der Waals surface area contributed by atoms with Crippen molar-refractivity contribution in [3.63, 3.8) is 0 Å². The van der Waals surface area contributed by atoms with Crippen LogP contribution in [0.3, 0.4) is 0 Å². The molecular weight excluding hydrogens is 275 g/mol. The van der Waals surface area contributed by atoms with Crippen molar-refractivity contribution in [1.82, 2.24) is 10.6 Å². The van der Waals surface area contributed by atoms with Crippen LogP contribution in [-0.4, -0.2) is 58.4 Å². The van der Waals surface area contributed by atoms with Gasteiger partial charge in [0.2, 0.25) is 11.8 Å². The molecule has 1 heterocycles. The molecule has 1 atom stereocenters. The Morgan fingerprint density at radius 2 is 1.74 bits per heavy atom. The Morgan fingerprint density at radius 3 is 2.16 bits per heavy atom. The van der Waals surface area contributed by atoms with Crippen LogP contribution < -0.4 is 10.6 Å². The van der Waals surface area contributed by atoms with Gasteiger partial charge in [0.05, 0.1) is 0 Å². The number of imide groups is 2. The average molecular weight is 291 g/mol. The van der Waals surface area contributed by atoms with Crippen LogP contribution in [0.2, 0.25) is 0 Å². The van der Waals surface area contributed by atoms with Crippen molar-refractivity contribution >= 4 is 59.2 Å². The molecule has 2 N–H and O–H groups in total. The van der Waals surface area contributed by atoms with Crippen LogP contribution in [0.4, 0.5) is 4.79 Å². The predicted octanol–water partition coefficient (Wildman–Crippen LogP) is 0.842. The minimum Gasteiger partial charge on any atom is -0.277 e. The molecule has 1 radical (unpaired) electrons. The smallest absolute Gasteiger partial charge is 0.277 e. The zero-order valence-corrected chi connectivity index (χ0v) is 14.0. The SMILES string of the molecule is C=CCSC(C)C1(CC=C)C(=O)NC(=O)NC1=O.[Na]. The Kier molecular flexibility index (Phi) is 7.66. The molecule has 1 fully saturated rings. The van der Waals surface area contributed by atoms with Crippen LogP contribution in [-0.2, 0) is 9.59 Å². The normalized spacial score (nSPS) is 18.7. The second kappa shape index (κ2) is 7.89. The van der Waals surface area contributed by atoms with Gasteiger partial charge in [0.15, 0.2) is 0 Å². The van der Waals surface area contributed by atoms with E-state index in [1.165, 1.54) is 17.8 Å². The van der Waals surface area contributed by atoms with Crippen molar-refractivity contribution < 1.29 is 14.4 Å². The fraction of sp³-hybridized carbons (Fsp3) is 0.417. The number of carbonyl (C=O) groups excluding carboxylic acids is 3. The van der Waals surface area contributed by atoms with Gasteiger partial charge in [-0.3, -0.25) is 20.2 Å². The monoisotopic (exact) mass is 291 g/mol. The summed E-state index contributed by atoms with van der Waals surface area (Å²) in [6, 6.07) is -0.773. The third-order valence-electron chi connectivity index (χ3n) is 2.89. The summed E-state index contributed by atoms with van der Waals surface area (Å²) in [5.74, 6) is -0.519. The largest absolute Gasteiger partial charge is 0.328 e. The number of rotatable bonds is 6. The Morgan fingerprint density at radius 1 is 1.21 bits per heavy atom. The van der Waals surface area contributed by atoms with E-state index in [9.17, 15) is 14.4 Å². The van der Waals surface area contributed by atoms with Crippen LogP contribution in [0.1, 0.15) is 13.3 Å². The molecule has 0 aromatic heterocycles. The number of carbonyl (C=O) groups is 3. The fourth-order valence-electron chi connectivity index (χ4n) is 1.87. The summed E-state index contributed by atoms with van der Waals surface area (Å²) >= 11 is 1.43. The van der Waals surface area contributed by atoms with E-state index in [2.05, 4.69) is 23.8 Å². The van der Waals surface area contributed by atoms with E-state index in [0.29, 0.717) is 5.75 Å². The summed E-state index contributed by atoms with van der Waals surface area (Å²) in [4.78, 5) is 35.2. The van der Waals surface area contributed by atoms with Gasteiger partial charge >= 0.3 is 6.03 Å². The molecule has 1 saturated heterocycles. The first-order valence-corrected chi connectivity index (χ1v) is 6.54. The van der Waals surface area contributed by atoms with Gasteiger partial charge in [0.1, 0.15) is 5.41 Å². The Balaban J connectivity index is 0.00000324. The van der Waals surface area contributed by atoms with Crippen LogP contribution in [0.15, 0.2) is 25.3 Å². The molecule has 0 aromatic rings. The standard InChI is InChI=1S/C12H16N2O3S.Na/c1-4-6-12(8(3)18-7-5-2)9(15)13-11(17)14-10(12)16;/h4-5,8H,1-2,6-7H2,3H3,(H2,13,14,15,16,17);. The van der Waals surface area contributed by atoms with E-state index in [-0.39, 0.29) is 41.2 Å².